The van der Waals surface area contributed by atoms with Crippen molar-refractivity contribution in [2.24, 2.45) is 0 Å². The van der Waals surface area contributed by atoms with Crippen LogP contribution in [-0.2, 0) is 26.5 Å². The van der Waals surface area contributed by atoms with E-state index in [9.17, 15) is 0 Å². The summed E-state index contributed by atoms with van der Waals surface area (Å²) in [7, 11) is 0. The van der Waals surface area contributed by atoms with Crippen molar-refractivity contribution in [3.05, 3.63) is 121 Å². The van der Waals surface area contributed by atoms with E-state index >= 15 is 0 Å². The van der Waals surface area contributed by atoms with Crippen molar-refractivity contribution >= 4 is 44.9 Å². The summed E-state index contributed by atoms with van der Waals surface area (Å²) >= 11 is 0. The summed E-state index contributed by atoms with van der Waals surface area (Å²) in [5.41, 5.74) is 9.18. The molecule has 0 radical (unpaired) electrons. The van der Waals surface area contributed by atoms with Gasteiger partial charge in [0.05, 0.1) is 0 Å². The van der Waals surface area contributed by atoms with E-state index in [0.29, 0.717) is 5.92 Å². The molecule has 0 bridgehead atoms. The number of aromatic nitrogens is 3. The largest absolute Gasteiger partial charge is 2.00 e. The van der Waals surface area contributed by atoms with Gasteiger partial charge in [-0.3, -0.25) is 0 Å². The minimum atomic E-state index is -0.195. The van der Waals surface area contributed by atoms with Crippen LogP contribution in [0.2, 0.25) is 0 Å². The number of nitrogens with zero attached hydrogens (tertiary/aromatic N) is 3. The molecule has 0 unspecified atom stereocenters. The van der Waals surface area contributed by atoms with Crippen LogP contribution in [0.25, 0.3) is 38.9 Å². The van der Waals surface area contributed by atoms with Crippen LogP contribution in [0.1, 0.15) is 51.7 Å². The molecule has 0 amide bonds. The molecule has 7 heteroatoms. The van der Waals surface area contributed by atoms with Crippen LogP contribution in [0, 0.1) is 12.1 Å². The molecule has 0 atom stereocenters. The number of para-hydroxylation sites is 1. The summed E-state index contributed by atoms with van der Waals surface area (Å²) in [6.45, 7) is 10.9. The zero-order valence-electron chi connectivity index (χ0n) is 27.4. The first kappa shape index (κ1) is 30.7. The Kier molecular flexibility index (Phi) is 7.16. The molecule has 3 aromatic heterocycles. The molecule has 7 aromatic rings. The molecule has 4 aromatic carbocycles. The van der Waals surface area contributed by atoms with Crippen molar-refractivity contribution in [3.8, 4) is 40.1 Å². The van der Waals surface area contributed by atoms with Crippen molar-refractivity contribution in [2.45, 2.75) is 46.0 Å². The fourth-order valence-electron chi connectivity index (χ4n) is 7.03. The average molecular weight is 805 g/mol. The summed E-state index contributed by atoms with van der Waals surface area (Å²) in [5.74, 6) is 4.39. The van der Waals surface area contributed by atoms with Crippen LogP contribution in [-0.4, -0.2) is 21.2 Å². The maximum Gasteiger partial charge on any atom is 2.00 e. The van der Waals surface area contributed by atoms with E-state index in [-0.39, 0.29) is 33.2 Å². The van der Waals surface area contributed by atoms with Gasteiger partial charge in [0.2, 0.25) is 6.71 Å². The zero-order valence-corrected chi connectivity index (χ0v) is 29.6. The fourth-order valence-corrected chi connectivity index (χ4v) is 7.03. The molecule has 0 aliphatic carbocycles. The molecular formula is C41H32BN3O2Pt. The quantitative estimate of drug-likeness (QED) is 0.134. The molecule has 2 aliphatic heterocycles. The Balaban J connectivity index is 0.00000336. The average Bonchev–Trinajstić information content (AvgIpc) is 3.40. The maximum atomic E-state index is 6.81. The number of hydrogen-bond acceptors (Lipinski definition) is 4. The van der Waals surface area contributed by atoms with E-state index in [1.54, 1.807) is 0 Å². The van der Waals surface area contributed by atoms with E-state index in [4.69, 9.17) is 19.4 Å². The van der Waals surface area contributed by atoms with Gasteiger partial charge in [-0.05, 0) is 69.9 Å². The molecule has 0 spiro atoms. The number of ether oxygens (including phenoxy) is 2. The summed E-state index contributed by atoms with van der Waals surface area (Å²) in [6.07, 6.45) is 3.73. The van der Waals surface area contributed by atoms with Crippen molar-refractivity contribution in [1.29, 1.82) is 0 Å². The predicted molar refractivity (Wildman–Crippen MR) is 190 cm³/mol. The van der Waals surface area contributed by atoms with Gasteiger partial charge in [0.1, 0.15) is 17.3 Å². The van der Waals surface area contributed by atoms with Crippen molar-refractivity contribution in [2.75, 3.05) is 0 Å². The van der Waals surface area contributed by atoms with Crippen LogP contribution in [0.3, 0.4) is 0 Å². The third-order valence-electron chi connectivity index (χ3n) is 9.52. The van der Waals surface area contributed by atoms with Gasteiger partial charge in [-0.1, -0.05) is 75.9 Å². The van der Waals surface area contributed by atoms with Gasteiger partial charge in [-0.25, -0.2) is 4.98 Å². The van der Waals surface area contributed by atoms with Gasteiger partial charge in [0, 0.05) is 34.9 Å². The molecule has 0 fully saturated rings. The minimum absolute atomic E-state index is 0. The monoisotopic (exact) mass is 804 g/mol. The molecule has 5 nitrogen and oxygen atoms in total. The molecule has 0 saturated heterocycles. The van der Waals surface area contributed by atoms with Gasteiger partial charge >= 0.3 is 21.1 Å². The Morgan fingerprint density at radius 2 is 1.48 bits per heavy atom. The minimum Gasteiger partial charge on any atom is -0.518 e. The third kappa shape index (κ3) is 4.72. The first-order valence-electron chi connectivity index (χ1n) is 16.2. The van der Waals surface area contributed by atoms with E-state index in [0.717, 1.165) is 78.3 Å². The van der Waals surface area contributed by atoms with E-state index in [2.05, 4.69) is 118 Å². The summed E-state index contributed by atoms with van der Waals surface area (Å²) in [6, 6.07) is 37.0. The Morgan fingerprint density at radius 3 is 2.23 bits per heavy atom. The Hall–Kier alpha value is -4.67. The molecule has 9 rings (SSSR count). The Morgan fingerprint density at radius 1 is 0.729 bits per heavy atom. The number of fused-ring (bicyclic) bond motifs is 7. The molecule has 236 valence electrons. The normalized spacial score (nSPS) is 13.0. The van der Waals surface area contributed by atoms with E-state index < -0.39 is 0 Å². The number of hydrogen-bond donors (Lipinski definition) is 0. The van der Waals surface area contributed by atoms with Gasteiger partial charge in [-0.2, -0.15) is 6.07 Å². The topological polar surface area (TPSA) is 49.2 Å². The van der Waals surface area contributed by atoms with Crippen molar-refractivity contribution < 1.29 is 30.5 Å². The number of benzene rings is 4. The van der Waals surface area contributed by atoms with Crippen LogP contribution in [0.5, 0.6) is 23.0 Å². The van der Waals surface area contributed by atoms with Crippen molar-refractivity contribution in [1.82, 2.24) is 14.5 Å². The number of pyridine rings is 2. The third-order valence-corrected chi connectivity index (χ3v) is 9.52. The first-order chi connectivity index (χ1) is 22.7. The molecule has 0 saturated carbocycles. The molecule has 2 aliphatic rings. The Bertz CT molecular complexity index is 2390. The first-order valence-corrected chi connectivity index (χ1v) is 16.2. The standard InChI is InChI=1S/C41H32BN3O2.Pt/c1-24(2)26-19-37-40-38(20-26)47-36-22-29-28-10-6-7-11-33(28)45(39-12-8-9-16-44-39)34(29)23-31(36)42(40)30-18-25(13-14-35(30)46-37)32-21-27(15-17-43-32)41(3,4)5;/h6-17,19-22,24H,1-5H3;/q-2;+2. The SMILES string of the molecule is CC(C)c1cc2c3c(c1)Oc1cc4c5ccccc5n(-c5ccccn5)c4[c-]c1B3c1[c-]c(-c3cc(C(C)(C)C)ccn3)ccc1O2.[Pt+2]. The maximum absolute atomic E-state index is 6.81. The molecule has 48 heavy (non-hydrogen) atoms. The fraction of sp³-hybridized carbons (Fsp3) is 0.171. The van der Waals surface area contributed by atoms with E-state index in [1.165, 1.54) is 11.1 Å². The van der Waals surface area contributed by atoms with Crippen LogP contribution < -0.4 is 25.9 Å². The van der Waals surface area contributed by atoms with E-state index in [1.807, 2.05) is 30.6 Å². The predicted octanol–water partition coefficient (Wildman–Crippen LogP) is 7.99. The second kappa shape index (κ2) is 11.2. The smallest absolute Gasteiger partial charge is 0.518 e. The number of rotatable bonds is 3. The molecule has 0 N–H and O–H groups in total. The summed E-state index contributed by atoms with van der Waals surface area (Å²) in [4.78, 5) is 9.51. The van der Waals surface area contributed by atoms with Crippen LogP contribution >= 0.6 is 0 Å². The van der Waals surface area contributed by atoms with Gasteiger partial charge in [0.25, 0.3) is 0 Å². The van der Waals surface area contributed by atoms with Gasteiger partial charge in [0.15, 0.2) is 0 Å². The molecule has 5 heterocycles. The van der Waals surface area contributed by atoms with Crippen molar-refractivity contribution in [3.63, 3.8) is 0 Å². The zero-order chi connectivity index (χ0) is 32.0. The van der Waals surface area contributed by atoms with Gasteiger partial charge < -0.3 is 19.0 Å². The van der Waals surface area contributed by atoms with Gasteiger partial charge in [-0.15, -0.1) is 40.8 Å². The second-order valence-electron chi connectivity index (χ2n) is 13.9. The molecular weight excluding hydrogens is 772 g/mol. The van der Waals surface area contributed by atoms with Crippen LogP contribution in [0.15, 0.2) is 97.3 Å². The second-order valence-corrected chi connectivity index (χ2v) is 13.9. The van der Waals surface area contributed by atoms with Crippen LogP contribution in [0.4, 0.5) is 0 Å². The summed E-state index contributed by atoms with van der Waals surface area (Å²) < 4.78 is 15.7. The summed E-state index contributed by atoms with van der Waals surface area (Å²) in [5, 5.41) is 2.20. The Labute approximate surface area is 295 Å².